The number of nitrogens with zero attached hydrogens (tertiary/aromatic N) is 4. The molecule has 2 aromatic carbocycles. The SMILES string of the molecule is C=S1(=O)c2ccc(Cl)cc2N(C2CN(C(F)F)C2)CN1C(Cc1c(F)ccc(C)c1C)c1n[nH]c(=O)o1. The number of hydrogen-bond donors (Lipinski definition) is 1. The Kier molecular flexibility index (Phi) is 6.63. The summed E-state index contributed by atoms with van der Waals surface area (Å²) in [6, 6.07) is 6.53. The minimum absolute atomic E-state index is 0.0227. The lowest BCUT2D eigenvalue weighted by atomic mass is 9.96. The van der Waals surface area contributed by atoms with Crippen LogP contribution in [0.15, 0.2) is 44.4 Å². The molecule has 1 N–H and O–H groups in total. The van der Waals surface area contributed by atoms with Crippen molar-refractivity contribution >= 4 is 32.9 Å². The number of aromatic amines is 1. The lowest BCUT2D eigenvalue weighted by Gasteiger charge is -2.51. The summed E-state index contributed by atoms with van der Waals surface area (Å²) in [4.78, 5) is 15.1. The molecule has 2 unspecified atom stereocenters. The van der Waals surface area contributed by atoms with Crippen molar-refractivity contribution in [1.29, 1.82) is 0 Å². The van der Waals surface area contributed by atoms with Gasteiger partial charge in [0, 0.05) is 24.5 Å². The molecule has 2 aliphatic rings. The van der Waals surface area contributed by atoms with E-state index >= 15 is 4.39 Å². The van der Waals surface area contributed by atoms with E-state index in [1.54, 1.807) is 31.2 Å². The Hall–Kier alpha value is -2.80. The molecule has 0 spiro atoms. The minimum atomic E-state index is -3.24. The third-order valence-electron chi connectivity index (χ3n) is 7.15. The van der Waals surface area contributed by atoms with E-state index in [9.17, 15) is 17.8 Å². The third kappa shape index (κ3) is 4.56. The Morgan fingerprint density at radius 2 is 2.00 bits per heavy atom. The summed E-state index contributed by atoms with van der Waals surface area (Å²) in [7, 11) is -3.24. The van der Waals surface area contributed by atoms with E-state index in [1.807, 2.05) is 11.8 Å². The summed E-state index contributed by atoms with van der Waals surface area (Å²) in [6.07, 6.45) is -0.0236. The fraction of sp³-hybridized carbons (Fsp3) is 0.375. The standard InChI is InChI=1S/C24H25ClF3N5O3S/c1-13-4-6-18(26)17(14(13)2)9-20(22-29-30-24(34)36-22)33-12-32(16-10-31(11-16)23(27)28)19-8-15(25)5-7-21(19)37(33,3)35/h4-8,16,20,23H,3,9-12H2,1-2H3,(H,30,34). The van der Waals surface area contributed by atoms with Crippen molar-refractivity contribution in [1.82, 2.24) is 19.4 Å². The Morgan fingerprint density at radius 1 is 1.27 bits per heavy atom. The first-order chi connectivity index (χ1) is 17.5. The highest BCUT2D eigenvalue weighted by Gasteiger charge is 2.44. The van der Waals surface area contributed by atoms with Gasteiger partial charge < -0.3 is 9.32 Å². The van der Waals surface area contributed by atoms with E-state index in [4.69, 9.17) is 16.0 Å². The van der Waals surface area contributed by atoms with Crippen molar-refractivity contribution in [2.45, 2.75) is 43.8 Å². The van der Waals surface area contributed by atoms with Crippen LogP contribution in [0.25, 0.3) is 0 Å². The van der Waals surface area contributed by atoms with Gasteiger partial charge in [-0.05, 0) is 60.7 Å². The smallest absolute Gasteiger partial charge is 0.391 e. The number of rotatable bonds is 6. The number of alkyl halides is 2. The van der Waals surface area contributed by atoms with Crippen LogP contribution in [0.3, 0.4) is 0 Å². The number of benzene rings is 2. The quantitative estimate of drug-likeness (QED) is 0.368. The van der Waals surface area contributed by atoms with Crippen LogP contribution in [-0.4, -0.2) is 61.8 Å². The predicted octanol–water partition coefficient (Wildman–Crippen LogP) is 3.73. The number of nitrogens with one attached hydrogen (secondary N) is 1. The molecular formula is C24H25ClF3N5O3S. The summed E-state index contributed by atoms with van der Waals surface area (Å²) < 4.78 is 62.6. The highest BCUT2D eigenvalue weighted by atomic mass is 35.5. The van der Waals surface area contributed by atoms with Crippen LogP contribution in [0.4, 0.5) is 18.9 Å². The molecular weight excluding hydrogens is 531 g/mol. The van der Waals surface area contributed by atoms with Gasteiger partial charge in [0.1, 0.15) is 11.9 Å². The van der Waals surface area contributed by atoms with Crippen LogP contribution in [0.2, 0.25) is 5.02 Å². The molecule has 2 aliphatic heterocycles. The molecule has 0 bridgehead atoms. The first kappa shape index (κ1) is 25.8. The van der Waals surface area contributed by atoms with Crippen molar-refractivity contribution < 1.29 is 21.8 Å². The number of aryl methyl sites for hydroxylation is 1. The van der Waals surface area contributed by atoms with Gasteiger partial charge in [-0.1, -0.05) is 17.7 Å². The van der Waals surface area contributed by atoms with E-state index in [1.165, 1.54) is 10.4 Å². The average Bonchev–Trinajstić information content (AvgIpc) is 3.23. The van der Waals surface area contributed by atoms with Crippen molar-refractivity contribution in [3.05, 3.63) is 74.3 Å². The number of H-pyrrole nitrogens is 1. The number of hydrogen-bond acceptors (Lipinski definition) is 6. The lowest BCUT2D eigenvalue weighted by molar-refractivity contribution is -0.0731. The second kappa shape index (κ2) is 9.50. The highest BCUT2D eigenvalue weighted by Crippen LogP contribution is 2.42. The van der Waals surface area contributed by atoms with Gasteiger partial charge in [0.15, 0.2) is 0 Å². The molecule has 1 aromatic heterocycles. The van der Waals surface area contributed by atoms with Crippen LogP contribution >= 0.6 is 11.6 Å². The van der Waals surface area contributed by atoms with Crippen LogP contribution in [-0.2, 0) is 16.1 Å². The molecule has 1 fully saturated rings. The van der Waals surface area contributed by atoms with Crippen LogP contribution in [0, 0.1) is 19.7 Å². The zero-order valence-corrected chi connectivity index (χ0v) is 21.7. The second-order valence-corrected chi connectivity index (χ2v) is 11.9. The Balaban J connectivity index is 1.62. The topological polar surface area (TPSA) is 85.7 Å². The van der Waals surface area contributed by atoms with Crippen LogP contribution in [0.5, 0.6) is 0 Å². The molecule has 3 aromatic rings. The van der Waals surface area contributed by atoms with Gasteiger partial charge in [-0.3, -0.25) is 0 Å². The fourth-order valence-electron chi connectivity index (χ4n) is 4.87. The molecule has 37 heavy (non-hydrogen) atoms. The molecule has 2 atom stereocenters. The van der Waals surface area contributed by atoms with Gasteiger partial charge in [0.05, 0.1) is 33.0 Å². The molecule has 13 heteroatoms. The molecule has 5 rings (SSSR count). The molecule has 198 valence electrons. The largest absolute Gasteiger partial charge is 0.434 e. The predicted molar refractivity (Wildman–Crippen MR) is 135 cm³/mol. The van der Waals surface area contributed by atoms with Gasteiger partial charge in [-0.15, -0.1) is 5.10 Å². The van der Waals surface area contributed by atoms with E-state index in [0.29, 0.717) is 26.7 Å². The highest BCUT2D eigenvalue weighted by molar-refractivity contribution is 7.98. The van der Waals surface area contributed by atoms with Gasteiger partial charge in [-0.25, -0.2) is 23.4 Å². The van der Waals surface area contributed by atoms with E-state index in [-0.39, 0.29) is 38.1 Å². The summed E-state index contributed by atoms with van der Waals surface area (Å²) in [5.74, 6) is 2.66. The van der Waals surface area contributed by atoms with E-state index in [0.717, 1.165) is 10.5 Å². The first-order valence-electron chi connectivity index (χ1n) is 11.5. The molecule has 0 saturated carbocycles. The Labute approximate surface area is 216 Å². The van der Waals surface area contributed by atoms with Gasteiger partial charge in [0.2, 0.25) is 5.89 Å². The molecule has 3 heterocycles. The van der Waals surface area contributed by atoms with E-state index in [2.05, 4.69) is 16.1 Å². The number of fused-ring (bicyclic) bond motifs is 1. The third-order valence-corrected chi connectivity index (χ3v) is 9.54. The minimum Gasteiger partial charge on any atom is -0.391 e. The van der Waals surface area contributed by atoms with Crippen LogP contribution < -0.4 is 10.7 Å². The zero-order chi connectivity index (χ0) is 26.6. The van der Waals surface area contributed by atoms with E-state index < -0.39 is 33.9 Å². The van der Waals surface area contributed by atoms with Crippen molar-refractivity contribution in [3.63, 3.8) is 0 Å². The number of halogens is 4. The van der Waals surface area contributed by atoms with Gasteiger partial charge in [-0.2, -0.15) is 13.1 Å². The lowest BCUT2D eigenvalue weighted by Crippen LogP contribution is -2.64. The molecule has 8 nitrogen and oxygen atoms in total. The second-order valence-electron chi connectivity index (χ2n) is 9.31. The Bertz CT molecular complexity index is 1500. The maximum Gasteiger partial charge on any atom is 0.434 e. The van der Waals surface area contributed by atoms with Crippen LogP contribution in [0.1, 0.15) is 28.6 Å². The monoisotopic (exact) mass is 555 g/mol. The average molecular weight is 556 g/mol. The first-order valence-corrected chi connectivity index (χ1v) is 13.6. The number of aromatic nitrogens is 2. The maximum atomic E-state index is 15.0. The maximum absolute atomic E-state index is 15.0. The summed E-state index contributed by atoms with van der Waals surface area (Å²) in [5, 5.41) is 6.59. The zero-order valence-electron chi connectivity index (χ0n) is 20.1. The number of likely N-dealkylation sites (tertiary alicyclic amines) is 1. The molecule has 1 saturated heterocycles. The summed E-state index contributed by atoms with van der Waals surface area (Å²) in [6.45, 7) is 1.19. The normalized spacial score (nSPS) is 21.8. The van der Waals surface area contributed by atoms with Gasteiger partial charge >= 0.3 is 5.76 Å². The molecule has 0 aliphatic carbocycles. The van der Waals surface area contributed by atoms with Gasteiger partial charge in [0.25, 0.3) is 6.55 Å². The molecule has 0 amide bonds. The van der Waals surface area contributed by atoms with Crippen molar-refractivity contribution in [2.75, 3.05) is 24.7 Å². The summed E-state index contributed by atoms with van der Waals surface area (Å²) >= 11 is 6.25. The molecule has 0 radical (unpaired) electrons. The summed E-state index contributed by atoms with van der Waals surface area (Å²) in [5.41, 5.74) is 2.44. The Morgan fingerprint density at radius 3 is 2.65 bits per heavy atom. The van der Waals surface area contributed by atoms with Crippen molar-refractivity contribution in [3.8, 4) is 0 Å². The fourth-order valence-corrected chi connectivity index (χ4v) is 6.96. The number of anilines is 1. The van der Waals surface area contributed by atoms with Crippen molar-refractivity contribution in [2.24, 2.45) is 0 Å².